The molecule has 0 aliphatic heterocycles. The van der Waals surface area contributed by atoms with Gasteiger partial charge in [0.25, 0.3) is 0 Å². The maximum atomic E-state index is 11.8. The zero-order valence-corrected chi connectivity index (χ0v) is 13.0. The lowest BCUT2D eigenvalue weighted by molar-refractivity contribution is 0.130. The number of carbonyl (C=O) groups excluding carboxylic acids is 1. The Morgan fingerprint density at radius 3 is 2.48 bits per heavy atom. The van der Waals surface area contributed by atoms with Gasteiger partial charge in [0.05, 0.1) is 0 Å². The first-order valence-electron chi connectivity index (χ1n) is 7.75. The summed E-state index contributed by atoms with van der Waals surface area (Å²) in [6.07, 6.45) is 4.18. The molecular formula is C17H26N2O2. The Balaban J connectivity index is 1.65. The molecule has 0 radical (unpaired) electrons. The molecule has 0 unspecified atom stereocenters. The van der Waals surface area contributed by atoms with E-state index in [1.165, 1.54) is 12.8 Å². The largest absolute Gasteiger partial charge is 0.445 e. The summed E-state index contributed by atoms with van der Waals surface area (Å²) in [4.78, 5) is 14.0. The third-order valence-electron chi connectivity index (χ3n) is 4.00. The second-order valence-corrected chi connectivity index (χ2v) is 6.19. The van der Waals surface area contributed by atoms with Crippen LogP contribution in [0.5, 0.6) is 0 Å². The summed E-state index contributed by atoms with van der Waals surface area (Å²) in [6, 6.07) is 10.0. The number of rotatable bonds is 5. The number of benzene rings is 1. The Morgan fingerprint density at radius 1 is 1.19 bits per heavy atom. The predicted molar refractivity (Wildman–Crippen MR) is 84.1 cm³/mol. The Morgan fingerprint density at radius 2 is 1.86 bits per heavy atom. The van der Waals surface area contributed by atoms with Gasteiger partial charge in [-0.2, -0.15) is 0 Å². The van der Waals surface area contributed by atoms with Crippen LogP contribution in [0.2, 0.25) is 0 Å². The van der Waals surface area contributed by atoms with Gasteiger partial charge in [0.2, 0.25) is 0 Å². The molecule has 1 aliphatic rings. The summed E-state index contributed by atoms with van der Waals surface area (Å²) in [5.74, 6) is 0.762. The molecule has 2 rings (SSSR count). The van der Waals surface area contributed by atoms with Gasteiger partial charge in [-0.15, -0.1) is 0 Å². The van der Waals surface area contributed by atoms with Gasteiger partial charge in [-0.25, -0.2) is 4.79 Å². The molecule has 0 heterocycles. The van der Waals surface area contributed by atoms with Crippen molar-refractivity contribution in [3.05, 3.63) is 35.9 Å². The zero-order chi connectivity index (χ0) is 15.1. The number of nitrogens with zero attached hydrogens (tertiary/aromatic N) is 1. The lowest BCUT2D eigenvalue weighted by Crippen LogP contribution is -2.39. The highest BCUT2D eigenvalue weighted by atomic mass is 16.5. The molecule has 0 saturated heterocycles. The van der Waals surface area contributed by atoms with Crippen LogP contribution < -0.4 is 5.32 Å². The topological polar surface area (TPSA) is 41.6 Å². The molecule has 4 nitrogen and oxygen atoms in total. The van der Waals surface area contributed by atoms with Crippen molar-refractivity contribution in [2.24, 2.45) is 5.92 Å². The third-order valence-corrected chi connectivity index (χ3v) is 4.00. The predicted octanol–water partition coefficient (Wildman–Crippen LogP) is 3.03. The molecule has 4 heteroatoms. The molecule has 1 N–H and O–H groups in total. The summed E-state index contributed by atoms with van der Waals surface area (Å²) in [7, 11) is 4.23. The first kappa shape index (κ1) is 15.8. The molecule has 1 aromatic rings. The standard InChI is InChI=1S/C17H26N2O2/c1-19(2)12-14-8-10-16(11-9-14)18-17(20)21-13-15-6-4-3-5-7-15/h3-7,14,16H,8-13H2,1-2H3,(H,18,20). The van der Waals surface area contributed by atoms with Crippen LogP contribution in [0.3, 0.4) is 0 Å². The minimum Gasteiger partial charge on any atom is -0.445 e. The van der Waals surface area contributed by atoms with Crippen molar-refractivity contribution in [2.45, 2.75) is 38.3 Å². The van der Waals surface area contributed by atoms with Crippen molar-refractivity contribution >= 4 is 6.09 Å². The van der Waals surface area contributed by atoms with Crippen LogP contribution in [-0.2, 0) is 11.3 Å². The van der Waals surface area contributed by atoms with Gasteiger partial charge >= 0.3 is 6.09 Å². The Kier molecular flexibility index (Phi) is 6.05. The molecule has 1 saturated carbocycles. The van der Waals surface area contributed by atoms with Crippen molar-refractivity contribution in [1.29, 1.82) is 0 Å². The van der Waals surface area contributed by atoms with Gasteiger partial charge < -0.3 is 15.0 Å². The normalized spacial score (nSPS) is 22.0. The SMILES string of the molecule is CN(C)CC1CCC(NC(=O)OCc2ccccc2)CC1. The molecule has 0 bridgehead atoms. The van der Waals surface area contributed by atoms with Crippen molar-refractivity contribution < 1.29 is 9.53 Å². The van der Waals surface area contributed by atoms with E-state index in [1.54, 1.807) is 0 Å². The molecule has 0 aromatic heterocycles. The van der Waals surface area contributed by atoms with Crippen LogP contribution in [-0.4, -0.2) is 37.7 Å². The molecule has 1 amide bonds. The highest BCUT2D eigenvalue weighted by Crippen LogP contribution is 2.24. The lowest BCUT2D eigenvalue weighted by atomic mass is 9.86. The average molecular weight is 290 g/mol. The summed E-state index contributed by atoms with van der Waals surface area (Å²) in [6.45, 7) is 1.48. The van der Waals surface area contributed by atoms with Gasteiger partial charge in [0.1, 0.15) is 6.61 Å². The number of ether oxygens (including phenoxy) is 1. The summed E-state index contributed by atoms with van der Waals surface area (Å²) >= 11 is 0. The third kappa shape index (κ3) is 5.76. The molecule has 1 aromatic carbocycles. The van der Waals surface area contributed by atoms with Crippen LogP contribution in [0.4, 0.5) is 4.79 Å². The van der Waals surface area contributed by atoms with Gasteiger partial charge in [-0.3, -0.25) is 0 Å². The Labute approximate surface area is 127 Å². The summed E-state index contributed by atoms with van der Waals surface area (Å²) < 4.78 is 5.26. The lowest BCUT2D eigenvalue weighted by Gasteiger charge is -2.30. The average Bonchev–Trinajstić information content (AvgIpc) is 2.48. The molecule has 0 atom stereocenters. The van der Waals surface area contributed by atoms with E-state index in [-0.39, 0.29) is 12.1 Å². The van der Waals surface area contributed by atoms with Gasteiger partial charge in [-0.1, -0.05) is 30.3 Å². The molecule has 1 fully saturated rings. The van der Waals surface area contributed by atoms with Gasteiger partial charge in [-0.05, 0) is 51.3 Å². The highest BCUT2D eigenvalue weighted by Gasteiger charge is 2.23. The fraction of sp³-hybridized carbons (Fsp3) is 0.588. The number of alkyl carbamates (subject to hydrolysis) is 1. The summed E-state index contributed by atoms with van der Waals surface area (Å²) in [5.41, 5.74) is 1.02. The quantitative estimate of drug-likeness (QED) is 0.906. The number of carbonyl (C=O) groups is 1. The molecule has 0 spiro atoms. The Hall–Kier alpha value is -1.55. The number of hydrogen-bond acceptors (Lipinski definition) is 3. The maximum absolute atomic E-state index is 11.8. The maximum Gasteiger partial charge on any atom is 0.407 e. The second-order valence-electron chi connectivity index (χ2n) is 6.19. The van der Waals surface area contributed by atoms with Crippen LogP contribution in [0, 0.1) is 5.92 Å². The summed E-state index contributed by atoms with van der Waals surface area (Å²) in [5, 5.41) is 2.99. The van der Waals surface area contributed by atoms with Crippen molar-refractivity contribution in [3.63, 3.8) is 0 Å². The van der Waals surface area contributed by atoms with Crippen molar-refractivity contribution in [3.8, 4) is 0 Å². The van der Waals surface area contributed by atoms with Crippen LogP contribution >= 0.6 is 0 Å². The molecule has 1 aliphatic carbocycles. The van der Waals surface area contributed by atoms with E-state index in [0.717, 1.165) is 30.9 Å². The van der Waals surface area contributed by atoms with Gasteiger partial charge in [0, 0.05) is 12.6 Å². The van der Waals surface area contributed by atoms with E-state index < -0.39 is 0 Å². The first-order chi connectivity index (χ1) is 10.1. The van der Waals surface area contributed by atoms with Crippen LogP contribution in [0.25, 0.3) is 0 Å². The number of hydrogen-bond donors (Lipinski definition) is 1. The fourth-order valence-electron chi connectivity index (χ4n) is 2.94. The van der Waals surface area contributed by atoms with Crippen LogP contribution in [0.1, 0.15) is 31.2 Å². The van der Waals surface area contributed by atoms with Crippen LogP contribution in [0.15, 0.2) is 30.3 Å². The first-order valence-corrected chi connectivity index (χ1v) is 7.75. The van der Waals surface area contributed by atoms with Crippen molar-refractivity contribution in [1.82, 2.24) is 10.2 Å². The van der Waals surface area contributed by atoms with Gasteiger partial charge in [0.15, 0.2) is 0 Å². The molecular weight excluding hydrogens is 264 g/mol. The second kappa shape index (κ2) is 8.03. The monoisotopic (exact) mass is 290 g/mol. The molecule has 116 valence electrons. The van der Waals surface area contributed by atoms with E-state index in [0.29, 0.717) is 6.61 Å². The number of amides is 1. The van der Waals surface area contributed by atoms with Crippen molar-refractivity contribution in [2.75, 3.05) is 20.6 Å². The van der Waals surface area contributed by atoms with E-state index in [1.807, 2.05) is 30.3 Å². The smallest absolute Gasteiger partial charge is 0.407 e. The van der Waals surface area contributed by atoms with E-state index in [4.69, 9.17) is 4.74 Å². The Bertz CT molecular complexity index is 426. The minimum absolute atomic E-state index is 0.270. The molecule has 21 heavy (non-hydrogen) atoms. The highest BCUT2D eigenvalue weighted by molar-refractivity contribution is 5.67. The van der Waals surface area contributed by atoms with E-state index in [2.05, 4.69) is 24.3 Å². The number of nitrogens with one attached hydrogen (secondary N) is 1. The minimum atomic E-state index is -0.296. The zero-order valence-electron chi connectivity index (χ0n) is 13.0. The fourth-order valence-corrected chi connectivity index (χ4v) is 2.94. The van der Waals surface area contributed by atoms with E-state index in [9.17, 15) is 4.79 Å². The van der Waals surface area contributed by atoms with E-state index >= 15 is 0 Å².